The van der Waals surface area contributed by atoms with Crippen molar-refractivity contribution in [2.24, 2.45) is 0 Å². The van der Waals surface area contributed by atoms with Crippen molar-refractivity contribution in [3.05, 3.63) is 40.0 Å². The predicted octanol–water partition coefficient (Wildman–Crippen LogP) is 2.71. The number of aromatic nitrogens is 2. The lowest BCUT2D eigenvalue weighted by molar-refractivity contribution is 0.209. The minimum Gasteiger partial charge on any atom is -0.465 e. The largest absolute Gasteiger partial charge is 0.465 e. The Labute approximate surface area is 109 Å². The first-order valence-corrected chi connectivity index (χ1v) is 5.65. The Balaban J connectivity index is 2.40. The van der Waals surface area contributed by atoms with Gasteiger partial charge in [-0.1, -0.05) is 6.07 Å². The molecule has 17 heavy (non-hydrogen) atoms. The van der Waals surface area contributed by atoms with E-state index in [-0.39, 0.29) is 5.82 Å². The third-order valence-electron chi connectivity index (χ3n) is 2.00. The molecule has 0 saturated heterocycles. The van der Waals surface area contributed by atoms with Crippen molar-refractivity contribution < 1.29 is 14.3 Å². The van der Waals surface area contributed by atoms with Crippen LogP contribution < -0.4 is 5.32 Å². The van der Waals surface area contributed by atoms with Crippen molar-refractivity contribution in [3.63, 3.8) is 0 Å². The van der Waals surface area contributed by atoms with Gasteiger partial charge in [-0.15, -0.1) is 0 Å². The monoisotopic (exact) mass is 347 g/mol. The van der Waals surface area contributed by atoms with Crippen molar-refractivity contribution >= 4 is 34.4 Å². The molecule has 2 aromatic rings. The zero-order valence-electron chi connectivity index (χ0n) is 8.39. The molecule has 0 aliphatic rings. The summed E-state index contributed by atoms with van der Waals surface area (Å²) in [6.45, 7) is 0. The Kier molecular flexibility index (Phi) is 3.27. The summed E-state index contributed by atoms with van der Waals surface area (Å²) >= 11 is 1.94. The summed E-state index contributed by atoms with van der Waals surface area (Å²) in [4.78, 5) is 10.5. The van der Waals surface area contributed by atoms with Crippen molar-refractivity contribution in [2.45, 2.75) is 0 Å². The molecule has 7 heteroatoms. The lowest BCUT2D eigenvalue weighted by Crippen LogP contribution is -2.08. The Morgan fingerprint density at radius 3 is 2.94 bits per heavy atom. The second kappa shape index (κ2) is 4.70. The van der Waals surface area contributed by atoms with Crippen LogP contribution in [0, 0.1) is 9.52 Å². The first-order chi connectivity index (χ1) is 8.08. The number of hydrogen-bond donors (Lipinski definition) is 2. The molecule has 88 valence electrons. The van der Waals surface area contributed by atoms with Crippen LogP contribution in [-0.2, 0) is 0 Å². The molecule has 2 N–H and O–H groups in total. The van der Waals surface area contributed by atoms with E-state index < -0.39 is 6.09 Å². The Hall–Kier alpha value is -1.64. The van der Waals surface area contributed by atoms with Gasteiger partial charge in [0.05, 0.1) is 17.6 Å². The number of nitrogens with zero attached hydrogens (tertiary/aromatic N) is 2. The highest BCUT2D eigenvalue weighted by Crippen LogP contribution is 2.21. The average Bonchev–Trinajstić information content (AvgIpc) is 2.60. The SMILES string of the molecule is O=C(O)Nc1cnn(-c2cccc(F)c2)c1I. The minimum atomic E-state index is -1.17. The minimum absolute atomic E-state index is 0.363. The number of rotatable bonds is 2. The first kappa shape index (κ1) is 11.8. The molecule has 0 radical (unpaired) electrons. The molecule has 2 rings (SSSR count). The number of carboxylic acid groups (broad SMARTS) is 1. The van der Waals surface area contributed by atoms with Crippen LogP contribution in [-0.4, -0.2) is 21.0 Å². The van der Waals surface area contributed by atoms with Crippen LogP contribution in [0.2, 0.25) is 0 Å². The fourth-order valence-electron chi connectivity index (χ4n) is 1.32. The van der Waals surface area contributed by atoms with Crippen molar-refractivity contribution in [1.29, 1.82) is 0 Å². The van der Waals surface area contributed by atoms with E-state index in [1.165, 1.54) is 23.0 Å². The van der Waals surface area contributed by atoms with Crippen LogP contribution in [0.4, 0.5) is 14.9 Å². The normalized spacial score (nSPS) is 10.2. The number of carbonyl (C=O) groups is 1. The van der Waals surface area contributed by atoms with Gasteiger partial charge >= 0.3 is 6.09 Å². The third kappa shape index (κ3) is 2.54. The van der Waals surface area contributed by atoms with E-state index in [1.54, 1.807) is 12.1 Å². The van der Waals surface area contributed by atoms with Gasteiger partial charge < -0.3 is 5.11 Å². The van der Waals surface area contributed by atoms with Crippen molar-refractivity contribution in [2.75, 3.05) is 5.32 Å². The highest BCUT2D eigenvalue weighted by Gasteiger charge is 2.11. The van der Waals surface area contributed by atoms with Gasteiger partial charge in [0.25, 0.3) is 0 Å². The van der Waals surface area contributed by atoms with Crippen LogP contribution in [0.1, 0.15) is 0 Å². The molecule has 1 aromatic heterocycles. The number of nitrogens with one attached hydrogen (secondary N) is 1. The van der Waals surface area contributed by atoms with E-state index in [9.17, 15) is 9.18 Å². The van der Waals surface area contributed by atoms with Gasteiger partial charge in [0.1, 0.15) is 9.52 Å². The lowest BCUT2D eigenvalue weighted by atomic mass is 10.3. The van der Waals surface area contributed by atoms with E-state index in [1.807, 2.05) is 22.6 Å². The van der Waals surface area contributed by atoms with E-state index in [2.05, 4.69) is 10.4 Å². The Morgan fingerprint density at radius 1 is 1.53 bits per heavy atom. The molecule has 0 atom stereocenters. The summed E-state index contributed by atoms with van der Waals surface area (Å²) in [5.41, 5.74) is 0.898. The Bertz CT molecular complexity index is 570. The molecule has 0 bridgehead atoms. The number of anilines is 1. The maximum atomic E-state index is 13.0. The zero-order valence-corrected chi connectivity index (χ0v) is 10.6. The highest BCUT2D eigenvalue weighted by atomic mass is 127. The third-order valence-corrected chi connectivity index (χ3v) is 3.04. The summed E-state index contributed by atoms with van der Waals surface area (Å²) < 4.78 is 15.1. The molecule has 0 aliphatic heterocycles. The smallest absolute Gasteiger partial charge is 0.409 e. The summed E-state index contributed by atoms with van der Waals surface area (Å²) in [6, 6.07) is 5.89. The molecule has 1 amide bonds. The number of halogens is 2. The number of amides is 1. The van der Waals surface area contributed by atoms with Crippen LogP contribution in [0.25, 0.3) is 5.69 Å². The van der Waals surface area contributed by atoms with Crippen molar-refractivity contribution in [3.8, 4) is 5.69 Å². The number of benzene rings is 1. The topological polar surface area (TPSA) is 67.2 Å². The summed E-state index contributed by atoms with van der Waals surface area (Å²) in [5.74, 6) is -0.374. The Morgan fingerprint density at radius 2 is 2.29 bits per heavy atom. The van der Waals surface area contributed by atoms with Crippen LogP contribution in [0.15, 0.2) is 30.5 Å². The van der Waals surface area contributed by atoms with E-state index in [0.717, 1.165) is 0 Å². The van der Waals surface area contributed by atoms with Gasteiger partial charge in [-0.05, 0) is 40.8 Å². The predicted molar refractivity (Wildman–Crippen MR) is 67.9 cm³/mol. The highest BCUT2D eigenvalue weighted by molar-refractivity contribution is 14.1. The van der Waals surface area contributed by atoms with E-state index in [0.29, 0.717) is 15.1 Å². The molecular weight excluding hydrogens is 340 g/mol. The summed E-state index contributed by atoms with van der Waals surface area (Å²) in [6.07, 6.45) is 0.211. The van der Waals surface area contributed by atoms with Crippen LogP contribution >= 0.6 is 22.6 Å². The van der Waals surface area contributed by atoms with Gasteiger partial charge in [-0.2, -0.15) is 5.10 Å². The molecule has 0 fully saturated rings. The molecule has 5 nitrogen and oxygen atoms in total. The molecular formula is C10H7FIN3O2. The second-order valence-corrected chi connectivity index (χ2v) is 4.19. The average molecular weight is 347 g/mol. The van der Waals surface area contributed by atoms with Crippen LogP contribution in [0.3, 0.4) is 0 Å². The van der Waals surface area contributed by atoms with Gasteiger partial charge in [0.15, 0.2) is 0 Å². The van der Waals surface area contributed by atoms with E-state index in [4.69, 9.17) is 5.11 Å². The quantitative estimate of drug-likeness (QED) is 0.821. The second-order valence-electron chi connectivity index (χ2n) is 3.17. The maximum absolute atomic E-state index is 13.0. The van der Waals surface area contributed by atoms with E-state index >= 15 is 0 Å². The molecule has 0 aliphatic carbocycles. The molecule has 1 aromatic carbocycles. The fourth-order valence-corrected chi connectivity index (χ4v) is 2.00. The fraction of sp³-hybridized carbons (Fsp3) is 0. The lowest BCUT2D eigenvalue weighted by Gasteiger charge is -2.04. The zero-order chi connectivity index (χ0) is 12.4. The maximum Gasteiger partial charge on any atom is 0.409 e. The van der Waals surface area contributed by atoms with Crippen molar-refractivity contribution in [1.82, 2.24) is 9.78 Å². The molecule has 1 heterocycles. The van der Waals surface area contributed by atoms with Gasteiger partial charge in [0.2, 0.25) is 0 Å². The molecule has 0 saturated carbocycles. The molecule has 0 spiro atoms. The van der Waals surface area contributed by atoms with Crippen LogP contribution in [0.5, 0.6) is 0 Å². The van der Waals surface area contributed by atoms with Gasteiger partial charge in [-0.3, -0.25) is 5.32 Å². The standard InChI is InChI=1S/C10H7FIN3O2/c11-6-2-1-3-7(4-6)15-9(12)8(5-13-15)14-10(16)17/h1-5,14H,(H,16,17). The summed E-state index contributed by atoms with van der Waals surface area (Å²) in [7, 11) is 0. The number of hydrogen-bond acceptors (Lipinski definition) is 2. The molecule has 0 unspecified atom stereocenters. The first-order valence-electron chi connectivity index (χ1n) is 4.57. The van der Waals surface area contributed by atoms with Gasteiger partial charge in [-0.25, -0.2) is 13.9 Å². The van der Waals surface area contributed by atoms with Gasteiger partial charge in [0, 0.05) is 0 Å². The summed E-state index contributed by atoms with van der Waals surface area (Å²) in [5, 5.41) is 14.8.